The van der Waals surface area contributed by atoms with Crippen LogP contribution in [0.5, 0.6) is 0 Å². The zero-order chi connectivity index (χ0) is 22.2. The Balaban J connectivity index is 3.11. The van der Waals surface area contributed by atoms with Crippen LogP contribution in [-0.2, 0) is 34.8 Å². The number of hydrogen-bond donors (Lipinski definition) is 0. The Kier molecular flexibility index (Phi) is 8.79. The number of benzene rings is 1. The van der Waals surface area contributed by atoms with Crippen LogP contribution in [0.3, 0.4) is 0 Å². The van der Waals surface area contributed by atoms with Gasteiger partial charge in [0, 0.05) is 0 Å². The first-order valence-corrected chi connectivity index (χ1v) is 10.6. The summed E-state index contributed by atoms with van der Waals surface area (Å²) in [5.41, 5.74) is 0. The molecule has 1 rings (SSSR count). The van der Waals surface area contributed by atoms with Crippen LogP contribution in [0.2, 0.25) is 0 Å². The summed E-state index contributed by atoms with van der Waals surface area (Å²) in [5.74, 6) is -18.9. The van der Waals surface area contributed by atoms with Crippen LogP contribution in [0, 0.1) is 3.57 Å². The molecule has 0 fully saturated rings. The van der Waals surface area contributed by atoms with E-state index in [1.54, 1.807) is 0 Å². The van der Waals surface area contributed by atoms with Gasteiger partial charge in [-0.3, -0.25) is 0 Å². The Morgan fingerprint density at radius 3 is 1.48 bits per heavy atom. The van der Waals surface area contributed by atoms with Crippen molar-refractivity contribution in [1.82, 2.24) is 0 Å². The number of ether oxygens (including phenoxy) is 2. The van der Waals surface area contributed by atoms with E-state index in [1.807, 2.05) is 0 Å². The first kappa shape index (κ1) is 24.6. The van der Waals surface area contributed by atoms with Crippen molar-refractivity contribution in [3.05, 3.63) is 33.9 Å². The second-order valence-electron chi connectivity index (χ2n) is 4.83. The van der Waals surface area contributed by atoms with Crippen molar-refractivity contribution in [2.75, 3.05) is 13.2 Å². The van der Waals surface area contributed by atoms with Crippen LogP contribution in [0.25, 0.3) is 0 Å². The number of carbonyl (C=O) groups excluding carboxylic acids is 4. The van der Waals surface area contributed by atoms with Gasteiger partial charge in [0.2, 0.25) is 0 Å². The summed E-state index contributed by atoms with van der Waals surface area (Å²) in [5, 5.41) is 0. The first-order valence-electron chi connectivity index (χ1n) is 7.79. The van der Waals surface area contributed by atoms with E-state index in [-0.39, 0.29) is 3.57 Å². The molecule has 8 nitrogen and oxygen atoms in total. The Hall–Kier alpha value is -2.45. The third-order valence-corrected chi connectivity index (χ3v) is 6.10. The van der Waals surface area contributed by atoms with Gasteiger partial charge in [0.25, 0.3) is 0 Å². The fourth-order valence-electron chi connectivity index (χ4n) is 1.46. The van der Waals surface area contributed by atoms with Gasteiger partial charge in [-0.05, 0) is 0 Å². The van der Waals surface area contributed by atoms with E-state index in [4.69, 9.17) is 0 Å². The second kappa shape index (κ2) is 10.4. The molecule has 0 aliphatic carbocycles. The van der Waals surface area contributed by atoms with Crippen molar-refractivity contribution in [2.24, 2.45) is 0 Å². The van der Waals surface area contributed by atoms with Crippen LogP contribution >= 0.6 is 20.6 Å². The predicted octanol–water partition coefficient (Wildman–Crippen LogP) is 2.68. The maximum absolute atomic E-state index is 13.8. The Labute approximate surface area is 169 Å². The molecule has 0 aliphatic heterocycles. The van der Waals surface area contributed by atoms with E-state index < -0.39 is 69.6 Å². The monoisotopic (exact) mass is 538 g/mol. The number of esters is 2. The summed E-state index contributed by atoms with van der Waals surface area (Å²) in [7, 11) is 0. The molecular weight excluding hydrogens is 523 g/mol. The molecule has 1 aromatic rings. The van der Waals surface area contributed by atoms with Gasteiger partial charge in [-0.25, -0.2) is 0 Å². The standard InChI is InChI=1S/C16H15F4IO8/c1-3-26-11(22)15(17,18)13(24)28-21(10-8-6-5-7-9-10)29-14(25)16(19,20)12(23)27-4-2/h5-9H,3-4H2,1-2H3. The molecule has 162 valence electrons. The molecule has 0 atom stereocenters. The van der Waals surface area contributed by atoms with Gasteiger partial charge >= 0.3 is 170 Å². The fourth-order valence-corrected chi connectivity index (χ4v) is 4.34. The SMILES string of the molecule is CCOC(=O)C(F)(F)C(=O)OI(OC(=O)C(F)(F)C(=O)OCC)c1ccccc1. The Morgan fingerprint density at radius 1 is 0.759 bits per heavy atom. The second-order valence-corrected chi connectivity index (χ2v) is 8.20. The average molecular weight is 538 g/mol. The summed E-state index contributed by atoms with van der Waals surface area (Å²) >= 11 is -4.32. The van der Waals surface area contributed by atoms with Crippen LogP contribution in [0.15, 0.2) is 30.3 Å². The van der Waals surface area contributed by atoms with Gasteiger partial charge in [-0.1, -0.05) is 0 Å². The van der Waals surface area contributed by atoms with Crippen LogP contribution in [0.4, 0.5) is 17.6 Å². The molecule has 0 spiro atoms. The van der Waals surface area contributed by atoms with Gasteiger partial charge in [0.15, 0.2) is 0 Å². The summed E-state index contributed by atoms with van der Waals surface area (Å²) < 4.78 is 71.9. The van der Waals surface area contributed by atoms with Gasteiger partial charge in [0.1, 0.15) is 0 Å². The van der Waals surface area contributed by atoms with Crippen molar-refractivity contribution in [2.45, 2.75) is 25.7 Å². The van der Waals surface area contributed by atoms with Crippen molar-refractivity contribution in [3.8, 4) is 0 Å². The summed E-state index contributed by atoms with van der Waals surface area (Å²) in [6, 6.07) is 6.44. The third-order valence-electron chi connectivity index (χ3n) is 2.77. The first-order chi connectivity index (χ1) is 13.5. The minimum absolute atomic E-state index is 0.155. The van der Waals surface area contributed by atoms with E-state index in [2.05, 4.69) is 15.6 Å². The van der Waals surface area contributed by atoms with Crippen LogP contribution in [0.1, 0.15) is 13.8 Å². The molecule has 13 heteroatoms. The molecule has 0 saturated heterocycles. The number of hydrogen-bond acceptors (Lipinski definition) is 8. The maximum atomic E-state index is 13.8. The Bertz CT molecular complexity index is 713. The molecule has 0 saturated carbocycles. The molecule has 0 bridgehead atoms. The Morgan fingerprint density at radius 2 is 1.14 bits per heavy atom. The molecular formula is C16H15F4IO8. The normalized spacial score (nSPS) is 11.9. The van der Waals surface area contributed by atoms with Crippen molar-refractivity contribution >= 4 is 44.5 Å². The molecule has 0 aliphatic rings. The molecule has 0 amide bonds. The van der Waals surface area contributed by atoms with Gasteiger partial charge < -0.3 is 0 Å². The van der Waals surface area contributed by atoms with Crippen molar-refractivity contribution in [1.29, 1.82) is 0 Å². The van der Waals surface area contributed by atoms with Crippen LogP contribution < -0.4 is 0 Å². The molecule has 0 N–H and O–H groups in total. The molecule has 1 aromatic carbocycles. The fraction of sp³-hybridized carbons (Fsp3) is 0.375. The number of alkyl halides is 4. The van der Waals surface area contributed by atoms with Gasteiger partial charge in [0.05, 0.1) is 0 Å². The summed E-state index contributed by atoms with van der Waals surface area (Å²) in [4.78, 5) is 45.9. The van der Waals surface area contributed by atoms with E-state index in [0.29, 0.717) is 0 Å². The van der Waals surface area contributed by atoms with E-state index >= 15 is 0 Å². The van der Waals surface area contributed by atoms with Crippen molar-refractivity contribution in [3.63, 3.8) is 0 Å². The molecule has 0 radical (unpaired) electrons. The number of carbonyl (C=O) groups is 4. The minimum atomic E-state index is -4.77. The molecule has 0 aromatic heterocycles. The van der Waals surface area contributed by atoms with Gasteiger partial charge in [-0.15, -0.1) is 0 Å². The van der Waals surface area contributed by atoms with Crippen molar-refractivity contribution < 1.29 is 52.3 Å². The average Bonchev–Trinajstić information content (AvgIpc) is 2.68. The number of halogens is 5. The zero-order valence-electron chi connectivity index (χ0n) is 15.0. The quantitative estimate of drug-likeness (QED) is 0.205. The van der Waals surface area contributed by atoms with Crippen LogP contribution in [-0.4, -0.2) is 48.9 Å². The van der Waals surface area contributed by atoms with Gasteiger partial charge in [-0.2, -0.15) is 0 Å². The topological polar surface area (TPSA) is 105 Å². The summed E-state index contributed by atoms with van der Waals surface area (Å²) in [6.45, 7) is 1.48. The predicted molar refractivity (Wildman–Crippen MR) is 94.5 cm³/mol. The van der Waals surface area contributed by atoms with E-state index in [9.17, 15) is 36.7 Å². The molecule has 0 unspecified atom stereocenters. The molecule has 29 heavy (non-hydrogen) atoms. The number of rotatable bonds is 9. The summed E-state index contributed by atoms with van der Waals surface area (Å²) in [6.07, 6.45) is 0. The third kappa shape index (κ3) is 6.27. The molecule has 0 heterocycles. The van der Waals surface area contributed by atoms with E-state index in [0.717, 1.165) is 12.1 Å². The zero-order valence-corrected chi connectivity index (χ0v) is 17.1. The van der Waals surface area contributed by atoms with E-state index in [1.165, 1.54) is 32.0 Å².